The van der Waals surface area contributed by atoms with Gasteiger partial charge in [-0.15, -0.1) is 0 Å². The first-order valence-electron chi connectivity index (χ1n) is 4.73. The van der Waals surface area contributed by atoms with Crippen LogP contribution < -0.4 is 0 Å². The molecular formula is C10H16O4. The van der Waals surface area contributed by atoms with Crippen molar-refractivity contribution in [2.45, 2.75) is 39.5 Å². The van der Waals surface area contributed by atoms with Crippen molar-refractivity contribution in [2.24, 2.45) is 0 Å². The molecule has 0 amide bonds. The van der Waals surface area contributed by atoms with E-state index in [1.165, 1.54) is 0 Å². The summed E-state index contributed by atoms with van der Waals surface area (Å²) in [4.78, 5) is 21.6. The number of hydrogen-bond donors (Lipinski definition) is 2. The minimum atomic E-state index is -1.11. The average molecular weight is 200 g/mol. The van der Waals surface area contributed by atoms with Crippen molar-refractivity contribution < 1.29 is 19.8 Å². The van der Waals surface area contributed by atoms with Crippen LogP contribution in [0.4, 0.5) is 0 Å². The molecule has 2 N–H and O–H groups in total. The van der Waals surface area contributed by atoms with Gasteiger partial charge in [-0.05, 0) is 12.8 Å². The predicted molar refractivity (Wildman–Crippen MR) is 52.1 cm³/mol. The first kappa shape index (κ1) is 12.7. The Bertz CT molecular complexity index is 227. The molecule has 0 aliphatic rings. The van der Waals surface area contributed by atoms with E-state index in [0.29, 0.717) is 25.7 Å². The zero-order valence-corrected chi connectivity index (χ0v) is 8.54. The van der Waals surface area contributed by atoms with Gasteiger partial charge in [-0.1, -0.05) is 26.7 Å². The van der Waals surface area contributed by atoms with E-state index >= 15 is 0 Å². The summed E-state index contributed by atoms with van der Waals surface area (Å²) >= 11 is 0. The monoisotopic (exact) mass is 200 g/mol. The van der Waals surface area contributed by atoms with E-state index in [-0.39, 0.29) is 11.1 Å². The summed E-state index contributed by atoms with van der Waals surface area (Å²) in [7, 11) is 0. The van der Waals surface area contributed by atoms with Crippen LogP contribution in [0.1, 0.15) is 39.5 Å². The summed E-state index contributed by atoms with van der Waals surface area (Å²) < 4.78 is 0. The Morgan fingerprint density at radius 3 is 1.29 bits per heavy atom. The Morgan fingerprint density at radius 2 is 1.14 bits per heavy atom. The van der Waals surface area contributed by atoms with Crippen LogP contribution >= 0.6 is 0 Å². The van der Waals surface area contributed by atoms with Gasteiger partial charge in [0.05, 0.1) is 0 Å². The molecule has 0 aromatic heterocycles. The Labute approximate surface area is 83.2 Å². The van der Waals surface area contributed by atoms with Gasteiger partial charge in [0.2, 0.25) is 0 Å². The molecule has 0 spiro atoms. The maximum absolute atomic E-state index is 10.8. The maximum Gasteiger partial charge on any atom is 0.332 e. The van der Waals surface area contributed by atoms with Crippen LogP contribution in [0.25, 0.3) is 0 Å². The highest BCUT2D eigenvalue weighted by atomic mass is 16.4. The smallest absolute Gasteiger partial charge is 0.332 e. The average Bonchev–Trinajstić information content (AvgIpc) is 2.10. The molecule has 0 aromatic carbocycles. The number of carboxylic acid groups (broad SMARTS) is 2. The van der Waals surface area contributed by atoms with Crippen molar-refractivity contribution in [3.05, 3.63) is 11.1 Å². The lowest BCUT2D eigenvalue weighted by Gasteiger charge is -2.06. The highest BCUT2D eigenvalue weighted by Crippen LogP contribution is 2.16. The van der Waals surface area contributed by atoms with Crippen LogP contribution in [0.3, 0.4) is 0 Å². The van der Waals surface area contributed by atoms with Crippen LogP contribution in [0, 0.1) is 0 Å². The lowest BCUT2D eigenvalue weighted by molar-refractivity contribution is -0.136. The second-order valence-electron chi connectivity index (χ2n) is 3.07. The van der Waals surface area contributed by atoms with Crippen LogP contribution in [0.5, 0.6) is 0 Å². The molecule has 0 bridgehead atoms. The van der Waals surface area contributed by atoms with Gasteiger partial charge in [-0.25, -0.2) is 9.59 Å². The van der Waals surface area contributed by atoms with E-state index in [1.54, 1.807) is 0 Å². The summed E-state index contributed by atoms with van der Waals surface area (Å²) in [5, 5.41) is 17.7. The fourth-order valence-corrected chi connectivity index (χ4v) is 1.27. The number of aliphatic carboxylic acids is 2. The molecular weight excluding hydrogens is 184 g/mol. The first-order valence-corrected chi connectivity index (χ1v) is 4.73. The van der Waals surface area contributed by atoms with Gasteiger partial charge in [0.25, 0.3) is 0 Å². The highest BCUT2D eigenvalue weighted by molar-refractivity contribution is 5.98. The van der Waals surface area contributed by atoms with Crippen molar-refractivity contribution in [3.8, 4) is 0 Å². The summed E-state index contributed by atoms with van der Waals surface area (Å²) in [5.74, 6) is -2.23. The molecule has 0 rings (SSSR count). The molecule has 0 atom stereocenters. The molecule has 0 radical (unpaired) electrons. The SMILES string of the molecule is CCC/C(C(=O)O)=C(/CCC)C(=O)O. The normalized spacial score (nSPS) is 12.1. The van der Waals surface area contributed by atoms with E-state index in [4.69, 9.17) is 10.2 Å². The molecule has 0 unspecified atom stereocenters. The van der Waals surface area contributed by atoms with Gasteiger partial charge in [0.15, 0.2) is 0 Å². The second kappa shape index (κ2) is 6.18. The molecule has 80 valence electrons. The summed E-state index contributed by atoms with van der Waals surface area (Å²) in [6.07, 6.45) is 1.91. The number of carboxylic acids is 2. The Balaban J connectivity index is 5.03. The predicted octanol–water partition coefficient (Wildman–Crippen LogP) is 2.05. The van der Waals surface area contributed by atoms with Gasteiger partial charge in [-0.2, -0.15) is 0 Å². The number of rotatable bonds is 6. The quantitative estimate of drug-likeness (QED) is 0.643. The molecule has 0 aromatic rings. The lowest BCUT2D eigenvalue weighted by atomic mass is 10.00. The fraction of sp³-hybridized carbons (Fsp3) is 0.600. The van der Waals surface area contributed by atoms with E-state index in [2.05, 4.69) is 0 Å². The highest BCUT2D eigenvalue weighted by Gasteiger charge is 2.18. The molecule has 4 nitrogen and oxygen atoms in total. The molecule has 0 saturated heterocycles. The lowest BCUT2D eigenvalue weighted by Crippen LogP contribution is -2.11. The van der Waals surface area contributed by atoms with E-state index in [0.717, 1.165) is 0 Å². The Hall–Kier alpha value is -1.32. The molecule has 0 saturated carbocycles. The number of carbonyl (C=O) groups is 2. The van der Waals surface area contributed by atoms with Crippen LogP contribution in [0.15, 0.2) is 11.1 Å². The van der Waals surface area contributed by atoms with Crippen LogP contribution in [-0.2, 0) is 9.59 Å². The van der Waals surface area contributed by atoms with Crippen LogP contribution in [0.2, 0.25) is 0 Å². The minimum Gasteiger partial charge on any atom is -0.478 e. The molecule has 0 aliphatic heterocycles. The standard InChI is InChI=1S/C10H16O4/c1-3-5-7(9(11)12)8(6-4-2)10(13)14/h3-6H2,1-2H3,(H,11,12)(H,13,14)/b8-7+. The van der Waals surface area contributed by atoms with Crippen molar-refractivity contribution in [1.82, 2.24) is 0 Å². The first-order chi connectivity index (χ1) is 6.54. The second-order valence-corrected chi connectivity index (χ2v) is 3.07. The van der Waals surface area contributed by atoms with Gasteiger partial charge in [0, 0.05) is 11.1 Å². The Morgan fingerprint density at radius 1 is 0.857 bits per heavy atom. The third-order valence-corrected chi connectivity index (χ3v) is 1.88. The maximum atomic E-state index is 10.8. The summed E-state index contributed by atoms with van der Waals surface area (Å²) in [5.41, 5.74) is 0.0868. The molecule has 14 heavy (non-hydrogen) atoms. The minimum absolute atomic E-state index is 0.0434. The topological polar surface area (TPSA) is 74.6 Å². The van der Waals surface area contributed by atoms with Gasteiger partial charge < -0.3 is 10.2 Å². The number of hydrogen-bond acceptors (Lipinski definition) is 2. The molecule has 0 heterocycles. The van der Waals surface area contributed by atoms with Gasteiger partial charge >= 0.3 is 11.9 Å². The van der Waals surface area contributed by atoms with Gasteiger partial charge in [-0.3, -0.25) is 0 Å². The van der Waals surface area contributed by atoms with E-state index in [9.17, 15) is 9.59 Å². The van der Waals surface area contributed by atoms with Crippen LogP contribution in [-0.4, -0.2) is 22.2 Å². The van der Waals surface area contributed by atoms with Crippen molar-refractivity contribution in [3.63, 3.8) is 0 Å². The van der Waals surface area contributed by atoms with E-state index in [1.807, 2.05) is 13.8 Å². The molecule has 0 aliphatic carbocycles. The molecule has 4 heteroatoms. The summed E-state index contributed by atoms with van der Waals surface area (Å²) in [6.45, 7) is 3.66. The zero-order valence-electron chi connectivity index (χ0n) is 8.54. The summed E-state index contributed by atoms with van der Waals surface area (Å²) in [6, 6.07) is 0. The fourth-order valence-electron chi connectivity index (χ4n) is 1.27. The van der Waals surface area contributed by atoms with Gasteiger partial charge in [0.1, 0.15) is 0 Å². The van der Waals surface area contributed by atoms with Crippen molar-refractivity contribution in [1.29, 1.82) is 0 Å². The Kier molecular flexibility index (Phi) is 5.60. The largest absolute Gasteiger partial charge is 0.478 e. The van der Waals surface area contributed by atoms with Crippen molar-refractivity contribution in [2.75, 3.05) is 0 Å². The third-order valence-electron chi connectivity index (χ3n) is 1.88. The van der Waals surface area contributed by atoms with E-state index < -0.39 is 11.9 Å². The zero-order chi connectivity index (χ0) is 11.1. The molecule has 0 fully saturated rings. The van der Waals surface area contributed by atoms with Crippen molar-refractivity contribution >= 4 is 11.9 Å². The third kappa shape index (κ3) is 3.60.